The van der Waals surface area contributed by atoms with Crippen LogP contribution in [0.3, 0.4) is 0 Å². The van der Waals surface area contributed by atoms with E-state index in [1.165, 1.54) is 17.2 Å². The minimum atomic E-state index is -0.303. The van der Waals surface area contributed by atoms with Gasteiger partial charge in [0.2, 0.25) is 0 Å². The molecule has 4 atom stereocenters. The number of aryl methyl sites for hydroxylation is 1. The van der Waals surface area contributed by atoms with Crippen molar-refractivity contribution in [3.05, 3.63) is 70.5 Å². The summed E-state index contributed by atoms with van der Waals surface area (Å²) in [5, 5.41) is 0. The van der Waals surface area contributed by atoms with E-state index in [2.05, 4.69) is 25.1 Å². The van der Waals surface area contributed by atoms with Crippen molar-refractivity contribution in [1.82, 2.24) is 0 Å². The minimum Gasteiger partial charge on any atom is -0.497 e. The fraction of sp³-hybridized carbons (Fsp3) is 0.423. The van der Waals surface area contributed by atoms with Crippen molar-refractivity contribution >= 4 is 11.9 Å². The summed E-state index contributed by atoms with van der Waals surface area (Å²) in [5.41, 5.74) is 3.88. The number of allylic oxidation sites excluding steroid dienone is 1. The summed E-state index contributed by atoms with van der Waals surface area (Å²) in [6.45, 7) is 2.15. The van der Waals surface area contributed by atoms with E-state index in [-0.39, 0.29) is 17.0 Å². The highest BCUT2D eigenvalue weighted by molar-refractivity contribution is 6.06. The Morgan fingerprint density at radius 2 is 2.00 bits per heavy atom. The summed E-state index contributed by atoms with van der Waals surface area (Å²) in [7, 11) is 1.72. The standard InChI is InChI=1S/C26H27FO2/c1-26-12-11-21-20-10-8-19(29-2)14-16(20)7-9-22(21)23(26)15-18(25(26)28)13-17-5-3-4-6-24(17)27/h3-6,8,10,13-14,21-23H,7,9,11-12,15H2,1-2H3. The van der Waals surface area contributed by atoms with Gasteiger partial charge in [0.1, 0.15) is 11.6 Å². The number of benzene rings is 2. The zero-order valence-corrected chi connectivity index (χ0v) is 17.1. The van der Waals surface area contributed by atoms with Crippen molar-refractivity contribution in [2.24, 2.45) is 17.3 Å². The molecule has 150 valence electrons. The number of ether oxygens (including phenoxy) is 1. The van der Waals surface area contributed by atoms with E-state index in [4.69, 9.17) is 4.74 Å². The third kappa shape index (κ3) is 2.86. The molecule has 2 aromatic rings. The highest BCUT2D eigenvalue weighted by Gasteiger charge is 2.56. The quantitative estimate of drug-likeness (QED) is 0.592. The van der Waals surface area contributed by atoms with Gasteiger partial charge in [0, 0.05) is 11.0 Å². The maximum atomic E-state index is 14.2. The highest BCUT2D eigenvalue weighted by atomic mass is 19.1. The van der Waals surface area contributed by atoms with Crippen molar-refractivity contribution in [1.29, 1.82) is 0 Å². The number of methoxy groups -OCH3 is 1. The summed E-state index contributed by atoms with van der Waals surface area (Å²) in [6, 6.07) is 13.2. The number of hydrogen-bond acceptors (Lipinski definition) is 2. The molecule has 0 spiro atoms. The molecule has 0 bridgehead atoms. The van der Waals surface area contributed by atoms with Crippen LogP contribution in [-0.2, 0) is 11.2 Å². The maximum absolute atomic E-state index is 14.2. The first-order valence-corrected chi connectivity index (χ1v) is 10.7. The lowest BCUT2D eigenvalue weighted by atomic mass is 9.55. The van der Waals surface area contributed by atoms with Crippen LogP contribution in [0.4, 0.5) is 4.39 Å². The number of Topliss-reactive ketones (excluding diaryl/α,β-unsaturated/α-hetero) is 1. The molecule has 0 saturated heterocycles. The lowest BCUT2D eigenvalue weighted by Crippen LogP contribution is -2.42. The SMILES string of the molecule is COc1ccc2c(c1)CCC1C2CCC2(C)C(=O)C(=Cc3ccccc3F)CC12. The zero-order chi connectivity index (χ0) is 20.2. The van der Waals surface area contributed by atoms with Crippen molar-refractivity contribution in [3.63, 3.8) is 0 Å². The molecule has 2 aromatic carbocycles. The molecule has 0 aliphatic heterocycles. The number of fused-ring (bicyclic) bond motifs is 5. The Bertz CT molecular complexity index is 1010. The second-order valence-electron chi connectivity index (χ2n) is 9.16. The highest BCUT2D eigenvalue weighted by Crippen LogP contribution is 2.60. The van der Waals surface area contributed by atoms with Crippen LogP contribution in [0.2, 0.25) is 0 Å². The van der Waals surface area contributed by atoms with Gasteiger partial charge in [0.15, 0.2) is 5.78 Å². The first kappa shape index (κ1) is 18.6. The molecular weight excluding hydrogens is 363 g/mol. The normalized spacial score (nSPS) is 31.9. The number of halogens is 1. The third-order valence-electron chi connectivity index (χ3n) is 7.81. The summed E-state index contributed by atoms with van der Waals surface area (Å²) < 4.78 is 19.6. The number of ketones is 1. The Balaban J connectivity index is 1.49. The number of carbonyl (C=O) groups excluding carboxylic acids is 1. The molecule has 2 fully saturated rings. The molecule has 2 nitrogen and oxygen atoms in total. The molecule has 0 amide bonds. The molecule has 0 N–H and O–H groups in total. The van der Waals surface area contributed by atoms with Gasteiger partial charge in [0.05, 0.1) is 7.11 Å². The molecule has 29 heavy (non-hydrogen) atoms. The fourth-order valence-corrected chi connectivity index (χ4v) is 6.27. The Labute approximate surface area is 171 Å². The van der Waals surface area contributed by atoms with Gasteiger partial charge in [-0.3, -0.25) is 4.79 Å². The van der Waals surface area contributed by atoms with Gasteiger partial charge in [-0.15, -0.1) is 0 Å². The largest absolute Gasteiger partial charge is 0.497 e. The minimum absolute atomic E-state index is 0.240. The van der Waals surface area contributed by atoms with Gasteiger partial charge < -0.3 is 4.74 Å². The van der Waals surface area contributed by atoms with Crippen molar-refractivity contribution in [3.8, 4) is 5.75 Å². The molecule has 3 aliphatic carbocycles. The summed E-state index contributed by atoms with van der Waals surface area (Å²) in [4.78, 5) is 13.4. The monoisotopic (exact) mass is 390 g/mol. The van der Waals surface area contributed by atoms with Crippen LogP contribution in [0.5, 0.6) is 5.75 Å². The topological polar surface area (TPSA) is 26.3 Å². The summed E-state index contributed by atoms with van der Waals surface area (Å²) >= 11 is 0. The maximum Gasteiger partial charge on any atom is 0.165 e. The molecule has 2 saturated carbocycles. The van der Waals surface area contributed by atoms with Crippen molar-refractivity contribution in [2.75, 3.05) is 7.11 Å². The van der Waals surface area contributed by atoms with E-state index in [0.717, 1.165) is 43.4 Å². The van der Waals surface area contributed by atoms with Crippen LogP contribution in [0.15, 0.2) is 48.0 Å². The smallest absolute Gasteiger partial charge is 0.165 e. The van der Waals surface area contributed by atoms with Gasteiger partial charge in [-0.1, -0.05) is 31.2 Å². The van der Waals surface area contributed by atoms with Crippen LogP contribution < -0.4 is 4.74 Å². The van der Waals surface area contributed by atoms with E-state index >= 15 is 0 Å². The lowest BCUT2D eigenvalue weighted by molar-refractivity contribution is -0.127. The molecule has 3 aliphatic rings. The second-order valence-corrected chi connectivity index (χ2v) is 9.16. The second kappa shape index (κ2) is 6.83. The van der Waals surface area contributed by atoms with E-state index in [1.807, 2.05) is 6.07 Å². The zero-order valence-electron chi connectivity index (χ0n) is 17.1. The molecule has 5 rings (SSSR count). The van der Waals surface area contributed by atoms with Crippen LogP contribution in [0, 0.1) is 23.1 Å². The van der Waals surface area contributed by atoms with E-state index in [9.17, 15) is 9.18 Å². The molecular formula is C26H27FO2. The Morgan fingerprint density at radius 3 is 2.79 bits per heavy atom. The van der Waals surface area contributed by atoms with E-state index in [0.29, 0.717) is 23.3 Å². The fourth-order valence-electron chi connectivity index (χ4n) is 6.27. The summed E-state index contributed by atoms with van der Waals surface area (Å²) in [5.74, 6) is 2.29. The average molecular weight is 390 g/mol. The Hall–Kier alpha value is -2.42. The number of hydrogen-bond donors (Lipinski definition) is 0. The molecule has 0 heterocycles. The molecule has 0 radical (unpaired) electrons. The predicted molar refractivity (Wildman–Crippen MR) is 112 cm³/mol. The first-order chi connectivity index (χ1) is 14.0. The van der Waals surface area contributed by atoms with Gasteiger partial charge in [-0.05, 0) is 90.8 Å². The Morgan fingerprint density at radius 1 is 1.17 bits per heavy atom. The van der Waals surface area contributed by atoms with Crippen LogP contribution >= 0.6 is 0 Å². The van der Waals surface area contributed by atoms with Gasteiger partial charge >= 0.3 is 0 Å². The van der Waals surface area contributed by atoms with Gasteiger partial charge in [-0.2, -0.15) is 0 Å². The predicted octanol–water partition coefficient (Wildman–Crippen LogP) is 5.95. The molecule has 0 aromatic heterocycles. The summed E-state index contributed by atoms with van der Waals surface area (Å²) in [6.07, 6.45) is 6.70. The average Bonchev–Trinajstić information content (AvgIpc) is 2.99. The van der Waals surface area contributed by atoms with E-state index < -0.39 is 0 Å². The molecule has 3 heteroatoms. The molecule has 4 unspecified atom stereocenters. The number of carbonyl (C=O) groups is 1. The van der Waals surface area contributed by atoms with Crippen LogP contribution in [-0.4, -0.2) is 12.9 Å². The Kier molecular flexibility index (Phi) is 4.38. The third-order valence-corrected chi connectivity index (χ3v) is 7.81. The van der Waals surface area contributed by atoms with Gasteiger partial charge in [-0.25, -0.2) is 4.39 Å². The first-order valence-electron chi connectivity index (χ1n) is 10.7. The van der Waals surface area contributed by atoms with Crippen molar-refractivity contribution in [2.45, 2.75) is 44.9 Å². The van der Waals surface area contributed by atoms with Crippen LogP contribution in [0.1, 0.15) is 55.2 Å². The van der Waals surface area contributed by atoms with Gasteiger partial charge in [0.25, 0.3) is 0 Å². The van der Waals surface area contributed by atoms with Crippen molar-refractivity contribution < 1.29 is 13.9 Å². The number of rotatable bonds is 2. The van der Waals surface area contributed by atoms with Crippen LogP contribution in [0.25, 0.3) is 6.08 Å². The lowest BCUT2D eigenvalue weighted by Gasteiger charge is -2.48. The van der Waals surface area contributed by atoms with E-state index in [1.54, 1.807) is 25.3 Å².